The molecule has 0 amide bonds. The van der Waals surface area contributed by atoms with Gasteiger partial charge in [-0.3, -0.25) is 4.79 Å². The number of anilines is 1. The summed E-state index contributed by atoms with van der Waals surface area (Å²) in [5.41, 5.74) is -0.375. The lowest BCUT2D eigenvalue weighted by molar-refractivity contribution is 0.876. The highest BCUT2D eigenvalue weighted by Gasteiger charge is 2.09. The first-order chi connectivity index (χ1) is 6.66. The number of aromatic amines is 1. The molecule has 0 bridgehead atoms. The van der Waals surface area contributed by atoms with Crippen LogP contribution in [0.15, 0.2) is 11.1 Å². The Labute approximate surface area is 85.9 Å². The number of nitriles is 1. The molecule has 0 fully saturated rings. The van der Waals surface area contributed by atoms with Gasteiger partial charge in [-0.25, -0.2) is 4.98 Å². The molecule has 6 heteroatoms. The van der Waals surface area contributed by atoms with Crippen LogP contribution in [-0.4, -0.2) is 23.6 Å². The van der Waals surface area contributed by atoms with Gasteiger partial charge in [-0.15, -0.1) is 0 Å². The van der Waals surface area contributed by atoms with Gasteiger partial charge in [0, 0.05) is 13.6 Å². The molecule has 1 aromatic heterocycles. The molecule has 0 radical (unpaired) electrons. The fraction of sp³-hybridized carbons (Fsp3) is 0.375. The van der Waals surface area contributed by atoms with Crippen molar-refractivity contribution in [3.8, 4) is 6.07 Å². The van der Waals surface area contributed by atoms with Gasteiger partial charge in [0.1, 0.15) is 5.02 Å². The van der Waals surface area contributed by atoms with Crippen LogP contribution in [0, 0.1) is 11.3 Å². The number of nitrogens with zero attached hydrogens (tertiary/aromatic N) is 3. The van der Waals surface area contributed by atoms with Crippen LogP contribution in [0.1, 0.15) is 6.42 Å². The lowest BCUT2D eigenvalue weighted by atomic mass is 10.4. The van der Waals surface area contributed by atoms with Crippen molar-refractivity contribution in [3.63, 3.8) is 0 Å². The molecule has 74 valence electrons. The molecule has 0 saturated heterocycles. The predicted octanol–water partition coefficient (Wildman–Crippen LogP) is 0.773. The van der Waals surface area contributed by atoms with Gasteiger partial charge in [-0.1, -0.05) is 11.6 Å². The summed E-state index contributed by atoms with van der Waals surface area (Å²) in [6, 6.07) is 2.00. The lowest BCUT2D eigenvalue weighted by Gasteiger charge is -2.16. The molecule has 5 nitrogen and oxygen atoms in total. The standard InChI is InChI=1S/C8H9ClN4O/c1-13(4-2-3-10)7-6(9)8(14)12-5-11-7/h5H,2,4H2,1H3,(H,11,12,14). The molecule has 0 aliphatic rings. The average Bonchev–Trinajstić information content (AvgIpc) is 2.18. The Morgan fingerprint density at radius 2 is 2.50 bits per heavy atom. The van der Waals surface area contributed by atoms with Crippen molar-refractivity contribution in [2.75, 3.05) is 18.5 Å². The van der Waals surface area contributed by atoms with Crippen LogP contribution in [0.3, 0.4) is 0 Å². The maximum Gasteiger partial charge on any atom is 0.271 e. The van der Waals surface area contributed by atoms with Crippen molar-refractivity contribution < 1.29 is 0 Å². The van der Waals surface area contributed by atoms with E-state index in [1.807, 2.05) is 6.07 Å². The van der Waals surface area contributed by atoms with E-state index in [0.717, 1.165) is 0 Å². The van der Waals surface area contributed by atoms with E-state index in [4.69, 9.17) is 16.9 Å². The Hall–Kier alpha value is -1.54. The maximum absolute atomic E-state index is 11.1. The quantitative estimate of drug-likeness (QED) is 0.804. The molecule has 1 aromatic rings. The van der Waals surface area contributed by atoms with Gasteiger partial charge >= 0.3 is 0 Å². The molecule has 14 heavy (non-hydrogen) atoms. The van der Waals surface area contributed by atoms with Crippen molar-refractivity contribution in [1.29, 1.82) is 5.26 Å². The molecule has 1 rings (SSSR count). The zero-order valence-corrected chi connectivity index (χ0v) is 8.38. The summed E-state index contributed by atoms with van der Waals surface area (Å²) in [7, 11) is 1.73. The fourth-order valence-corrected chi connectivity index (χ4v) is 1.21. The number of hydrogen-bond donors (Lipinski definition) is 1. The molecule has 1 N–H and O–H groups in total. The third kappa shape index (κ3) is 2.24. The second-order valence-electron chi connectivity index (χ2n) is 2.70. The number of nitrogens with one attached hydrogen (secondary N) is 1. The summed E-state index contributed by atoms with van der Waals surface area (Å²) >= 11 is 5.74. The van der Waals surface area contributed by atoms with Crippen LogP contribution in [0.25, 0.3) is 0 Å². The first-order valence-corrected chi connectivity index (χ1v) is 4.36. The van der Waals surface area contributed by atoms with Crippen LogP contribution < -0.4 is 10.5 Å². The van der Waals surface area contributed by atoms with Gasteiger partial charge < -0.3 is 9.88 Å². The number of rotatable bonds is 3. The summed E-state index contributed by atoms with van der Waals surface area (Å²) in [5.74, 6) is 0.394. The Morgan fingerprint density at radius 1 is 1.79 bits per heavy atom. The normalized spacial score (nSPS) is 9.50. The smallest absolute Gasteiger partial charge is 0.271 e. The number of halogens is 1. The van der Waals surface area contributed by atoms with Gasteiger partial charge in [0.05, 0.1) is 18.8 Å². The molecule has 1 heterocycles. The van der Waals surface area contributed by atoms with Crippen LogP contribution in [0.4, 0.5) is 5.82 Å². The molecule has 0 atom stereocenters. The molecule has 0 saturated carbocycles. The third-order valence-electron chi connectivity index (χ3n) is 1.70. The third-order valence-corrected chi connectivity index (χ3v) is 2.04. The summed E-state index contributed by atoms with van der Waals surface area (Å²) in [5, 5.41) is 8.44. The zero-order chi connectivity index (χ0) is 10.6. The molecule has 0 spiro atoms. The fourth-order valence-electron chi connectivity index (χ4n) is 0.963. The second kappa shape index (κ2) is 4.63. The SMILES string of the molecule is CN(CCC#N)c1nc[nH]c(=O)c1Cl. The highest BCUT2D eigenvalue weighted by Crippen LogP contribution is 2.16. The van der Waals surface area contributed by atoms with E-state index >= 15 is 0 Å². The predicted molar refractivity (Wildman–Crippen MR) is 53.4 cm³/mol. The Bertz CT molecular complexity index is 409. The van der Waals surface area contributed by atoms with E-state index in [1.54, 1.807) is 11.9 Å². The minimum absolute atomic E-state index is 0.0490. The molecule has 0 aliphatic carbocycles. The number of hydrogen-bond acceptors (Lipinski definition) is 4. The van der Waals surface area contributed by atoms with Crippen molar-refractivity contribution >= 4 is 17.4 Å². The van der Waals surface area contributed by atoms with Crippen LogP contribution in [0.5, 0.6) is 0 Å². The molecular weight excluding hydrogens is 204 g/mol. The minimum atomic E-state index is -0.375. The summed E-state index contributed by atoms with van der Waals surface area (Å²) < 4.78 is 0. The zero-order valence-electron chi connectivity index (χ0n) is 7.62. The van der Waals surface area contributed by atoms with Crippen molar-refractivity contribution in [2.24, 2.45) is 0 Å². The highest BCUT2D eigenvalue weighted by molar-refractivity contribution is 6.32. The largest absolute Gasteiger partial charge is 0.357 e. The van der Waals surface area contributed by atoms with E-state index in [-0.39, 0.29) is 10.6 Å². The van der Waals surface area contributed by atoms with Gasteiger partial charge in [-0.2, -0.15) is 5.26 Å². The molecule has 0 aliphatic heterocycles. The second-order valence-corrected chi connectivity index (χ2v) is 3.08. The summed E-state index contributed by atoms with van der Waals surface area (Å²) in [4.78, 5) is 19.0. The summed E-state index contributed by atoms with van der Waals surface area (Å²) in [6.45, 7) is 0.493. The van der Waals surface area contributed by atoms with Crippen molar-refractivity contribution in [2.45, 2.75) is 6.42 Å². The Morgan fingerprint density at radius 3 is 3.14 bits per heavy atom. The van der Waals surface area contributed by atoms with E-state index in [2.05, 4.69) is 9.97 Å². The van der Waals surface area contributed by atoms with Crippen LogP contribution in [-0.2, 0) is 0 Å². The van der Waals surface area contributed by atoms with Crippen LogP contribution in [0.2, 0.25) is 5.02 Å². The Kier molecular flexibility index (Phi) is 3.48. The van der Waals surface area contributed by atoms with Gasteiger partial charge in [0.25, 0.3) is 5.56 Å². The minimum Gasteiger partial charge on any atom is -0.357 e. The molecule has 0 unspecified atom stereocenters. The first-order valence-electron chi connectivity index (χ1n) is 3.98. The van der Waals surface area contributed by atoms with Gasteiger partial charge in [0.15, 0.2) is 5.82 Å². The van der Waals surface area contributed by atoms with Gasteiger partial charge in [0.2, 0.25) is 0 Å². The Balaban J connectivity index is 2.91. The van der Waals surface area contributed by atoms with E-state index in [1.165, 1.54) is 6.33 Å². The van der Waals surface area contributed by atoms with Crippen molar-refractivity contribution in [3.05, 3.63) is 21.7 Å². The molecular formula is C8H9ClN4O. The van der Waals surface area contributed by atoms with Gasteiger partial charge in [-0.05, 0) is 0 Å². The van der Waals surface area contributed by atoms with E-state index in [9.17, 15) is 4.79 Å². The summed E-state index contributed by atoms with van der Waals surface area (Å²) in [6.07, 6.45) is 1.65. The number of aromatic nitrogens is 2. The maximum atomic E-state index is 11.1. The number of H-pyrrole nitrogens is 1. The monoisotopic (exact) mass is 212 g/mol. The average molecular weight is 213 g/mol. The molecule has 0 aromatic carbocycles. The van der Waals surface area contributed by atoms with E-state index < -0.39 is 0 Å². The highest BCUT2D eigenvalue weighted by atomic mass is 35.5. The topological polar surface area (TPSA) is 72.8 Å². The lowest BCUT2D eigenvalue weighted by Crippen LogP contribution is -2.22. The van der Waals surface area contributed by atoms with Crippen molar-refractivity contribution in [1.82, 2.24) is 9.97 Å². The van der Waals surface area contributed by atoms with Crippen LogP contribution >= 0.6 is 11.6 Å². The first kappa shape index (κ1) is 10.5. The van der Waals surface area contributed by atoms with E-state index in [0.29, 0.717) is 18.8 Å².